The van der Waals surface area contributed by atoms with Crippen LogP contribution in [0.2, 0.25) is 5.02 Å². The van der Waals surface area contributed by atoms with E-state index in [4.69, 9.17) is 16.7 Å². The molecule has 3 aromatic carbocycles. The Bertz CT molecular complexity index is 1660. The summed E-state index contributed by atoms with van der Waals surface area (Å²) in [4.78, 5) is 39.7. The predicted molar refractivity (Wildman–Crippen MR) is 137 cm³/mol. The lowest BCUT2D eigenvalue weighted by Crippen LogP contribution is -2.45. The highest BCUT2D eigenvalue weighted by atomic mass is 35.5. The highest BCUT2D eigenvalue weighted by Gasteiger charge is 2.38. The Morgan fingerprint density at radius 1 is 1.10 bits per heavy atom. The normalized spacial score (nSPS) is 14.3. The second kappa shape index (κ2) is 10.4. The fraction of sp³-hybridized carbons (Fsp3) is 0.111. The molecule has 0 spiro atoms. The van der Waals surface area contributed by atoms with Gasteiger partial charge in [0.05, 0.1) is 28.4 Å². The van der Waals surface area contributed by atoms with Crippen LogP contribution in [0.3, 0.4) is 0 Å². The zero-order chi connectivity index (χ0) is 27.7. The van der Waals surface area contributed by atoms with Crippen LogP contribution < -0.4 is 5.32 Å². The number of nitrogens with one attached hydrogen (secondary N) is 1. The van der Waals surface area contributed by atoms with Crippen molar-refractivity contribution >= 4 is 35.1 Å². The van der Waals surface area contributed by atoms with Crippen LogP contribution in [0.5, 0.6) is 0 Å². The van der Waals surface area contributed by atoms with Crippen LogP contribution in [0.1, 0.15) is 43.6 Å². The van der Waals surface area contributed by atoms with Crippen LogP contribution in [-0.2, 0) is 11.2 Å². The average molecular weight is 545 g/mol. The molecule has 1 aliphatic rings. The van der Waals surface area contributed by atoms with E-state index in [0.717, 1.165) is 4.68 Å². The van der Waals surface area contributed by atoms with Gasteiger partial charge < -0.3 is 15.3 Å². The second-order valence-corrected chi connectivity index (χ2v) is 9.04. The monoisotopic (exact) mass is 544 g/mol. The number of carbonyl (C=O) groups excluding carboxylic acids is 2. The third-order valence-corrected chi connectivity index (χ3v) is 6.63. The molecule has 2 heterocycles. The van der Waals surface area contributed by atoms with Crippen molar-refractivity contribution in [1.82, 2.24) is 19.9 Å². The van der Waals surface area contributed by atoms with Crippen molar-refractivity contribution in [3.8, 4) is 11.8 Å². The number of carbonyl (C=O) groups is 3. The number of nitriles is 1. The van der Waals surface area contributed by atoms with E-state index in [-0.39, 0.29) is 28.5 Å². The summed E-state index contributed by atoms with van der Waals surface area (Å²) in [6, 6.07) is 15.8. The van der Waals surface area contributed by atoms with Gasteiger partial charge in [-0.15, -0.1) is 5.10 Å². The lowest BCUT2D eigenvalue weighted by Gasteiger charge is -2.36. The summed E-state index contributed by atoms with van der Waals surface area (Å²) in [7, 11) is 0. The van der Waals surface area contributed by atoms with E-state index < -0.39 is 29.6 Å². The summed E-state index contributed by atoms with van der Waals surface area (Å²) >= 11 is 5.86. The minimum atomic E-state index is -1.14. The Hall–Kier alpha value is -5.08. The van der Waals surface area contributed by atoms with E-state index in [2.05, 4.69) is 21.7 Å². The van der Waals surface area contributed by atoms with Crippen LogP contribution >= 0.6 is 11.6 Å². The molecular weight excluding hydrogens is 527 g/mol. The lowest BCUT2D eigenvalue weighted by molar-refractivity contribution is -0.121. The number of carboxylic acids is 1. The number of aromatic nitrogens is 3. The van der Waals surface area contributed by atoms with Gasteiger partial charge in [0.2, 0.25) is 0 Å². The van der Waals surface area contributed by atoms with Gasteiger partial charge in [-0.2, -0.15) is 5.26 Å². The minimum absolute atomic E-state index is 0.00389. The summed E-state index contributed by atoms with van der Waals surface area (Å²) in [5.74, 6) is -3.04. The number of nitrogens with zero attached hydrogens (tertiary/aromatic N) is 5. The van der Waals surface area contributed by atoms with Gasteiger partial charge in [0.25, 0.3) is 11.8 Å². The van der Waals surface area contributed by atoms with E-state index in [1.807, 2.05) is 0 Å². The van der Waals surface area contributed by atoms with Crippen LogP contribution in [0.4, 0.5) is 10.1 Å². The fourth-order valence-corrected chi connectivity index (χ4v) is 4.65. The van der Waals surface area contributed by atoms with Gasteiger partial charge in [-0.3, -0.25) is 9.59 Å². The van der Waals surface area contributed by atoms with Gasteiger partial charge >= 0.3 is 5.97 Å². The van der Waals surface area contributed by atoms with Crippen molar-refractivity contribution in [2.24, 2.45) is 0 Å². The Kier molecular flexibility index (Phi) is 6.79. The number of benzene rings is 3. The molecule has 1 aliphatic heterocycles. The molecule has 2 N–H and O–H groups in total. The Morgan fingerprint density at radius 2 is 1.85 bits per heavy atom. The van der Waals surface area contributed by atoms with Crippen molar-refractivity contribution < 1.29 is 23.9 Å². The van der Waals surface area contributed by atoms with Gasteiger partial charge in [0.1, 0.15) is 11.7 Å². The number of anilines is 1. The molecule has 0 saturated heterocycles. The Balaban J connectivity index is 1.50. The van der Waals surface area contributed by atoms with Crippen LogP contribution in [0.15, 0.2) is 66.9 Å². The van der Waals surface area contributed by atoms with E-state index in [1.165, 1.54) is 53.6 Å². The van der Waals surface area contributed by atoms with E-state index in [1.54, 1.807) is 18.2 Å². The van der Waals surface area contributed by atoms with E-state index in [0.29, 0.717) is 28.8 Å². The van der Waals surface area contributed by atoms with Gasteiger partial charge in [-0.1, -0.05) is 35.0 Å². The molecule has 10 nitrogen and oxygen atoms in total. The van der Waals surface area contributed by atoms with Crippen molar-refractivity contribution in [2.75, 3.05) is 11.9 Å². The van der Waals surface area contributed by atoms with Crippen LogP contribution in [0, 0.1) is 17.1 Å². The number of aromatic carboxylic acids is 1. The predicted octanol–water partition coefficient (Wildman–Crippen LogP) is 4.01. The van der Waals surface area contributed by atoms with Gasteiger partial charge in [0.15, 0.2) is 11.5 Å². The van der Waals surface area contributed by atoms with E-state index >= 15 is 0 Å². The third kappa shape index (κ3) is 4.81. The molecule has 2 amide bonds. The smallest absolute Gasteiger partial charge is 0.335 e. The van der Waals surface area contributed by atoms with E-state index in [9.17, 15) is 24.0 Å². The fourth-order valence-electron chi connectivity index (χ4n) is 4.48. The number of rotatable bonds is 5. The lowest BCUT2D eigenvalue weighted by atomic mass is 9.88. The molecule has 4 aromatic rings. The first-order valence-electron chi connectivity index (χ1n) is 11.6. The topological polar surface area (TPSA) is 141 Å². The molecule has 194 valence electrons. The summed E-state index contributed by atoms with van der Waals surface area (Å²) in [6.45, 7) is 0.0962. The number of amides is 2. The number of halogens is 2. The maximum absolute atomic E-state index is 14.5. The first-order chi connectivity index (χ1) is 18.8. The first-order valence-corrected chi connectivity index (χ1v) is 12.0. The molecule has 12 heteroatoms. The molecule has 0 aliphatic carbocycles. The van der Waals surface area contributed by atoms with Crippen molar-refractivity contribution in [3.05, 3.63) is 106 Å². The van der Waals surface area contributed by atoms with Gasteiger partial charge in [-0.05, 0) is 60.0 Å². The quantitative estimate of drug-likeness (QED) is 0.386. The molecule has 0 bridgehead atoms. The minimum Gasteiger partial charge on any atom is -0.478 e. The summed E-state index contributed by atoms with van der Waals surface area (Å²) in [5, 5.41) is 29.1. The number of hydrogen-bond acceptors (Lipinski definition) is 6. The van der Waals surface area contributed by atoms with Gasteiger partial charge in [-0.25, -0.2) is 13.9 Å². The standard InChI is InChI=1S/C27H18ClFN6O4/c28-20-5-2-6-22(23(20)29)35-14-21(32-33-35)26(37)34-12-11-18-16(13-30)3-1-4-19(18)24(34)25(36)31-17-9-7-15(8-10-17)27(38)39/h1-10,14,24H,11-12H2,(H,31,36)(H,38,39). The largest absolute Gasteiger partial charge is 0.478 e. The summed E-state index contributed by atoms with van der Waals surface area (Å²) < 4.78 is 15.6. The summed E-state index contributed by atoms with van der Waals surface area (Å²) in [5.41, 5.74) is 1.75. The summed E-state index contributed by atoms with van der Waals surface area (Å²) in [6.07, 6.45) is 1.57. The third-order valence-electron chi connectivity index (χ3n) is 6.34. The Morgan fingerprint density at radius 3 is 2.56 bits per heavy atom. The molecule has 1 aromatic heterocycles. The number of fused-ring (bicyclic) bond motifs is 1. The molecule has 1 unspecified atom stereocenters. The molecule has 0 fully saturated rings. The zero-order valence-corrected chi connectivity index (χ0v) is 20.8. The molecule has 0 saturated carbocycles. The van der Waals surface area contributed by atoms with Crippen molar-refractivity contribution in [2.45, 2.75) is 12.5 Å². The maximum Gasteiger partial charge on any atom is 0.335 e. The highest BCUT2D eigenvalue weighted by Crippen LogP contribution is 2.34. The van der Waals surface area contributed by atoms with Gasteiger partial charge in [0, 0.05) is 12.2 Å². The number of carboxylic acid groups (broad SMARTS) is 1. The molecule has 0 radical (unpaired) electrons. The second-order valence-electron chi connectivity index (χ2n) is 8.63. The number of hydrogen-bond donors (Lipinski definition) is 2. The van der Waals surface area contributed by atoms with Crippen molar-refractivity contribution in [1.29, 1.82) is 5.26 Å². The van der Waals surface area contributed by atoms with Crippen LogP contribution in [-0.4, -0.2) is 49.3 Å². The Labute approximate surface area is 225 Å². The molecule has 5 rings (SSSR count). The zero-order valence-electron chi connectivity index (χ0n) is 20.0. The molecular formula is C27H18ClFN6O4. The molecule has 1 atom stereocenters. The van der Waals surface area contributed by atoms with Crippen LogP contribution in [0.25, 0.3) is 5.69 Å². The maximum atomic E-state index is 14.5. The first kappa shape index (κ1) is 25.6. The highest BCUT2D eigenvalue weighted by molar-refractivity contribution is 6.30. The SMILES string of the molecule is N#Cc1cccc2c1CCN(C(=O)c1cn(-c3cccc(Cl)c3F)nn1)C2C(=O)Nc1ccc(C(=O)O)cc1. The average Bonchev–Trinajstić information content (AvgIpc) is 3.43. The molecule has 39 heavy (non-hydrogen) atoms. The van der Waals surface area contributed by atoms with Crippen molar-refractivity contribution in [3.63, 3.8) is 0 Å².